The number of nitrogens with one attached hydrogen (secondary N) is 2. The van der Waals surface area contributed by atoms with Crippen LogP contribution in [0.1, 0.15) is 31.2 Å². The summed E-state index contributed by atoms with van der Waals surface area (Å²) >= 11 is 6.17. The molecule has 1 aliphatic carbocycles. The molecule has 146 valence electrons. The molecule has 3 aromatic heterocycles. The normalized spacial score (nSPS) is 19.5. The van der Waals surface area contributed by atoms with Gasteiger partial charge >= 0.3 is 0 Å². The Kier molecular flexibility index (Phi) is 5.83. The minimum Gasteiger partial charge on any atom is -0.367 e. The van der Waals surface area contributed by atoms with Crippen LogP contribution in [0.15, 0.2) is 36.8 Å². The number of halogens is 1. The van der Waals surface area contributed by atoms with Gasteiger partial charge in [-0.25, -0.2) is 19.9 Å². The van der Waals surface area contributed by atoms with Crippen molar-refractivity contribution in [3.05, 3.63) is 47.5 Å². The van der Waals surface area contributed by atoms with Gasteiger partial charge in [-0.1, -0.05) is 11.6 Å². The van der Waals surface area contributed by atoms with E-state index in [1.165, 1.54) is 0 Å². The largest absolute Gasteiger partial charge is 0.367 e. The molecule has 4 N–H and O–H groups in total. The third-order valence-electron chi connectivity index (χ3n) is 5.25. The fourth-order valence-electron chi connectivity index (χ4n) is 3.60. The van der Waals surface area contributed by atoms with Crippen LogP contribution >= 0.6 is 11.6 Å². The molecule has 0 aromatic carbocycles. The molecular weight excluding hydrogens is 374 g/mol. The summed E-state index contributed by atoms with van der Waals surface area (Å²) in [5, 5.41) is 8.34. The van der Waals surface area contributed by atoms with Crippen LogP contribution in [0.25, 0.3) is 10.9 Å². The molecule has 1 fully saturated rings. The maximum absolute atomic E-state index is 6.17. The second kappa shape index (κ2) is 8.67. The van der Waals surface area contributed by atoms with Crippen LogP contribution in [0.3, 0.4) is 0 Å². The van der Waals surface area contributed by atoms with Gasteiger partial charge in [0.25, 0.3) is 0 Å². The quantitative estimate of drug-likeness (QED) is 0.546. The van der Waals surface area contributed by atoms with Crippen molar-refractivity contribution in [1.29, 1.82) is 0 Å². The Morgan fingerprint density at radius 2 is 1.82 bits per heavy atom. The second-order valence-corrected chi connectivity index (χ2v) is 7.59. The third kappa shape index (κ3) is 4.48. The van der Waals surface area contributed by atoms with Crippen LogP contribution in [0, 0.1) is 5.92 Å². The number of hydrogen-bond acceptors (Lipinski definition) is 7. The van der Waals surface area contributed by atoms with E-state index in [9.17, 15) is 0 Å². The van der Waals surface area contributed by atoms with Crippen molar-refractivity contribution < 1.29 is 0 Å². The minimum atomic E-state index is 0.428. The highest BCUT2D eigenvalue weighted by molar-refractivity contribution is 6.33. The first-order valence-electron chi connectivity index (χ1n) is 9.64. The maximum atomic E-state index is 6.17. The number of hydrogen-bond donors (Lipinski definition) is 3. The molecule has 0 radical (unpaired) electrons. The molecule has 0 spiro atoms. The van der Waals surface area contributed by atoms with Gasteiger partial charge in [0.2, 0.25) is 5.95 Å². The van der Waals surface area contributed by atoms with E-state index in [4.69, 9.17) is 17.3 Å². The highest BCUT2D eigenvalue weighted by Crippen LogP contribution is 2.27. The van der Waals surface area contributed by atoms with Crippen LogP contribution in [0.5, 0.6) is 0 Å². The zero-order valence-electron chi connectivity index (χ0n) is 15.6. The van der Waals surface area contributed by atoms with Crippen LogP contribution < -0.4 is 16.4 Å². The molecule has 0 unspecified atom stereocenters. The Labute approximate surface area is 169 Å². The molecule has 28 heavy (non-hydrogen) atoms. The van der Waals surface area contributed by atoms with Crippen molar-refractivity contribution in [1.82, 2.24) is 19.9 Å². The summed E-state index contributed by atoms with van der Waals surface area (Å²) in [4.78, 5) is 17.3. The monoisotopic (exact) mass is 397 g/mol. The number of aromatic nitrogens is 4. The van der Waals surface area contributed by atoms with Crippen LogP contribution in [-0.2, 0) is 6.54 Å². The molecule has 0 bridgehead atoms. The topological polar surface area (TPSA) is 102 Å². The molecule has 7 nitrogen and oxygen atoms in total. The van der Waals surface area contributed by atoms with E-state index in [2.05, 4.69) is 30.6 Å². The lowest BCUT2D eigenvalue weighted by Gasteiger charge is -2.29. The van der Waals surface area contributed by atoms with Crippen molar-refractivity contribution in [2.75, 3.05) is 17.2 Å². The van der Waals surface area contributed by atoms with Crippen LogP contribution in [0.2, 0.25) is 5.15 Å². The number of nitrogens with zero attached hydrogens (tertiary/aromatic N) is 4. The van der Waals surface area contributed by atoms with Gasteiger partial charge in [0, 0.05) is 48.7 Å². The first kappa shape index (κ1) is 18.8. The predicted octanol–water partition coefficient (Wildman–Crippen LogP) is 3.61. The molecule has 0 aliphatic heterocycles. The van der Waals surface area contributed by atoms with E-state index in [1.54, 1.807) is 18.6 Å². The highest BCUT2D eigenvalue weighted by atomic mass is 35.5. The standard InChI is InChI=1S/C20H24ClN7/c21-19-18-15(7-8-23-19)3-6-17(28-18)27-16-4-1-13(2-5-16)10-24-20-25-11-14(9-22)12-26-20/h3,6-8,11-13,16H,1-2,4-5,9-10,22H2,(H,27,28)(H,24,25,26). The minimum absolute atomic E-state index is 0.428. The van der Waals surface area contributed by atoms with Gasteiger partial charge in [0.1, 0.15) is 11.3 Å². The van der Waals surface area contributed by atoms with Crippen LogP contribution in [-0.4, -0.2) is 32.5 Å². The van der Waals surface area contributed by atoms with E-state index >= 15 is 0 Å². The Morgan fingerprint density at radius 1 is 1.04 bits per heavy atom. The summed E-state index contributed by atoms with van der Waals surface area (Å²) in [6, 6.07) is 6.39. The first-order chi connectivity index (χ1) is 13.7. The summed E-state index contributed by atoms with van der Waals surface area (Å²) in [6.45, 7) is 1.36. The van der Waals surface area contributed by atoms with Gasteiger partial charge < -0.3 is 16.4 Å². The summed E-state index contributed by atoms with van der Waals surface area (Å²) < 4.78 is 0. The molecular formula is C20H24ClN7. The molecule has 3 aromatic rings. The molecule has 1 aliphatic rings. The van der Waals surface area contributed by atoms with Crippen molar-refractivity contribution in [3.8, 4) is 0 Å². The molecule has 0 saturated heterocycles. The fraction of sp³-hybridized carbons (Fsp3) is 0.400. The summed E-state index contributed by atoms with van der Waals surface area (Å²) in [6.07, 6.45) is 9.78. The Hall–Kier alpha value is -2.51. The lowest BCUT2D eigenvalue weighted by atomic mass is 9.86. The van der Waals surface area contributed by atoms with Gasteiger partial charge in [0.05, 0.1) is 0 Å². The maximum Gasteiger partial charge on any atom is 0.222 e. The van der Waals surface area contributed by atoms with Crippen molar-refractivity contribution in [2.45, 2.75) is 38.3 Å². The third-order valence-corrected chi connectivity index (χ3v) is 5.53. The van der Waals surface area contributed by atoms with Crippen LogP contribution in [0.4, 0.5) is 11.8 Å². The van der Waals surface area contributed by atoms with Crippen molar-refractivity contribution in [3.63, 3.8) is 0 Å². The summed E-state index contributed by atoms with van der Waals surface area (Å²) in [7, 11) is 0. The second-order valence-electron chi connectivity index (χ2n) is 7.23. The van der Waals surface area contributed by atoms with E-state index in [0.29, 0.717) is 29.6 Å². The molecule has 1 saturated carbocycles. The van der Waals surface area contributed by atoms with Gasteiger partial charge in [-0.3, -0.25) is 0 Å². The molecule has 0 amide bonds. The Balaban J connectivity index is 1.27. The van der Waals surface area contributed by atoms with E-state index in [0.717, 1.165) is 54.5 Å². The first-order valence-corrected chi connectivity index (χ1v) is 10.0. The number of pyridine rings is 2. The lowest BCUT2D eigenvalue weighted by Crippen LogP contribution is -2.29. The average molecular weight is 398 g/mol. The Morgan fingerprint density at radius 3 is 2.57 bits per heavy atom. The van der Waals surface area contributed by atoms with Gasteiger partial charge in [0.15, 0.2) is 5.15 Å². The van der Waals surface area contributed by atoms with E-state index < -0.39 is 0 Å². The molecule has 0 atom stereocenters. The molecule has 4 rings (SSSR count). The lowest BCUT2D eigenvalue weighted by molar-refractivity contribution is 0.350. The zero-order valence-corrected chi connectivity index (χ0v) is 16.4. The predicted molar refractivity (Wildman–Crippen MR) is 112 cm³/mol. The zero-order chi connectivity index (χ0) is 19.3. The highest BCUT2D eigenvalue weighted by Gasteiger charge is 2.21. The number of anilines is 2. The number of nitrogens with two attached hydrogens (primary N) is 1. The van der Waals surface area contributed by atoms with Gasteiger partial charge in [-0.2, -0.15) is 0 Å². The fourth-order valence-corrected chi connectivity index (χ4v) is 3.81. The average Bonchev–Trinajstić information content (AvgIpc) is 2.74. The summed E-state index contributed by atoms with van der Waals surface area (Å²) in [5.41, 5.74) is 7.26. The number of fused-ring (bicyclic) bond motifs is 1. The summed E-state index contributed by atoms with van der Waals surface area (Å²) in [5.74, 6) is 2.15. The molecule has 3 heterocycles. The van der Waals surface area contributed by atoms with E-state index in [1.807, 2.05) is 18.2 Å². The smallest absolute Gasteiger partial charge is 0.222 e. The van der Waals surface area contributed by atoms with Gasteiger partial charge in [-0.05, 0) is 49.8 Å². The molecule has 8 heteroatoms. The van der Waals surface area contributed by atoms with Crippen molar-refractivity contribution in [2.24, 2.45) is 11.7 Å². The SMILES string of the molecule is NCc1cnc(NCC2CCC(Nc3ccc4ccnc(Cl)c4n3)CC2)nc1. The van der Waals surface area contributed by atoms with Gasteiger partial charge in [-0.15, -0.1) is 0 Å². The number of rotatable bonds is 6. The Bertz CT molecular complexity index is 923. The van der Waals surface area contributed by atoms with E-state index in [-0.39, 0.29) is 0 Å². The van der Waals surface area contributed by atoms with Crippen molar-refractivity contribution >= 4 is 34.3 Å².